The molecule has 0 saturated carbocycles. The zero-order chi connectivity index (χ0) is 16.9. The first-order chi connectivity index (χ1) is 10.7. The van der Waals surface area contributed by atoms with Crippen molar-refractivity contribution in [3.8, 4) is 0 Å². The smallest absolute Gasteiger partial charge is 0.346 e. The summed E-state index contributed by atoms with van der Waals surface area (Å²) in [5.74, 6) is -1.35. The minimum atomic E-state index is -4.48. The molecule has 2 aromatic rings. The van der Waals surface area contributed by atoms with E-state index < -0.39 is 27.0 Å². The molecule has 3 rings (SSSR count). The fourth-order valence-corrected chi connectivity index (χ4v) is 3.35. The predicted octanol–water partition coefficient (Wildman–Crippen LogP) is 2.60. The van der Waals surface area contributed by atoms with Crippen LogP contribution in [0.1, 0.15) is 40.1 Å². The van der Waals surface area contributed by atoms with E-state index in [9.17, 15) is 22.6 Å². The van der Waals surface area contributed by atoms with Crippen molar-refractivity contribution >= 4 is 32.8 Å². The maximum atomic E-state index is 12.0. The van der Waals surface area contributed by atoms with E-state index in [1.807, 2.05) is 13.8 Å². The topological polar surface area (TPSA) is 97.7 Å². The third kappa shape index (κ3) is 2.73. The van der Waals surface area contributed by atoms with Crippen molar-refractivity contribution in [1.82, 2.24) is 0 Å². The summed E-state index contributed by atoms with van der Waals surface area (Å²) in [6.07, 6.45) is 0.676. The molecule has 0 aliphatic carbocycles. The molecule has 0 bridgehead atoms. The van der Waals surface area contributed by atoms with E-state index in [0.717, 1.165) is 11.6 Å². The summed E-state index contributed by atoms with van der Waals surface area (Å²) >= 11 is 0. The summed E-state index contributed by atoms with van der Waals surface area (Å²) in [7, 11) is -4.48. The summed E-state index contributed by atoms with van der Waals surface area (Å²) in [4.78, 5) is 23.5. The van der Waals surface area contributed by atoms with Crippen LogP contribution in [-0.4, -0.2) is 24.9 Å². The van der Waals surface area contributed by atoms with E-state index in [0.29, 0.717) is 23.1 Å². The molecule has 23 heavy (non-hydrogen) atoms. The van der Waals surface area contributed by atoms with E-state index in [4.69, 9.17) is 0 Å². The van der Waals surface area contributed by atoms with Gasteiger partial charge in [0.15, 0.2) is 0 Å². The molecule has 120 valence electrons. The molecule has 1 aliphatic rings. The number of cyclic esters (lactones) is 2. The minimum Gasteiger partial charge on any atom is -0.386 e. The van der Waals surface area contributed by atoms with E-state index in [1.54, 1.807) is 12.1 Å². The third-order valence-corrected chi connectivity index (χ3v) is 4.48. The maximum Gasteiger partial charge on any atom is 0.346 e. The highest BCUT2D eigenvalue weighted by Gasteiger charge is 2.29. The van der Waals surface area contributed by atoms with Gasteiger partial charge in [-0.3, -0.25) is 4.55 Å². The highest BCUT2D eigenvalue weighted by Crippen LogP contribution is 2.33. The van der Waals surface area contributed by atoms with Gasteiger partial charge in [-0.1, -0.05) is 19.9 Å². The third-order valence-electron chi connectivity index (χ3n) is 3.65. The van der Waals surface area contributed by atoms with Crippen molar-refractivity contribution in [2.75, 3.05) is 0 Å². The summed E-state index contributed by atoms with van der Waals surface area (Å²) in [5, 5.41) is 0.763. The van der Waals surface area contributed by atoms with E-state index in [-0.39, 0.29) is 11.1 Å². The molecule has 6 nitrogen and oxygen atoms in total. The lowest BCUT2D eigenvalue weighted by molar-refractivity contribution is 0.0391. The molecule has 0 saturated heterocycles. The first kappa shape index (κ1) is 15.6. The number of benzene rings is 2. The molecular weight excluding hydrogens is 320 g/mol. The highest BCUT2D eigenvalue weighted by molar-refractivity contribution is 7.85. The van der Waals surface area contributed by atoms with Gasteiger partial charge in [0.05, 0.1) is 16.0 Å². The molecule has 1 aliphatic heterocycles. The van der Waals surface area contributed by atoms with Crippen LogP contribution in [0.3, 0.4) is 0 Å². The van der Waals surface area contributed by atoms with Crippen molar-refractivity contribution in [3.63, 3.8) is 0 Å². The predicted molar refractivity (Wildman–Crippen MR) is 82.1 cm³/mol. The van der Waals surface area contributed by atoms with Crippen LogP contribution in [0.2, 0.25) is 0 Å². The quantitative estimate of drug-likeness (QED) is 0.526. The Balaban J connectivity index is 2.40. The summed E-state index contributed by atoms with van der Waals surface area (Å²) in [6, 6.07) is 5.67. The Kier molecular flexibility index (Phi) is 3.50. The molecule has 2 aromatic carbocycles. The Morgan fingerprint density at radius 3 is 2.22 bits per heavy atom. The van der Waals surface area contributed by atoms with Gasteiger partial charge >= 0.3 is 11.9 Å². The Bertz CT molecular complexity index is 956. The Labute approximate surface area is 132 Å². The van der Waals surface area contributed by atoms with E-state index >= 15 is 0 Å². The minimum absolute atomic E-state index is 0.0409. The van der Waals surface area contributed by atoms with Crippen molar-refractivity contribution in [1.29, 1.82) is 0 Å². The number of hydrogen-bond acceptors (Lipinski definition) is 5. The fraction of sp³-hybridized carbons (Fsp3) is 0.250. The van der Waals surface area contributed by atoms with Gasteiger partial charge in [0, 0.05) is 5.39 Å². The number of carbonyl (C=O) groups excluding carboxylic acids is 2. The lowest BCUT2D eigenvalue weighted by Gasteiger charge is -2.18. The van der Waals surface area contributed by atoms with Gasteiger partial charge in [0.2, 0.25) is 0 Å². The first-order valence-electron chi connectivity index (χ1n) is 7.01. The lowest BCUT2D eigenvalue weighted by Crippen LogP contribution is -2.20. The van der Waals surface area contributed by atoms with E-state index in [1.165, 1.54) is 6.07 Å². The van der Waals surface area contributed by atoms with Crippen LogP contribution < -0.4 is 0 Å². The van der Waals surface area contributed by atoms with Crippen LogP contribution in [0.15, 0.2) is 29.2 Å². The average molecular weight is 334 g/mol. The maximum absolute atomic E-state index is 12.0. The molecule has 0 aromatic heterocycles. The molecule has 0 amide bonds. The summed E-state index contributed by atoms with van der Waals surface area (Å²) < 4.78 is 36.8. The average Bonchev–Trinajstić information content (AvgIpc) is 2.42. The Hall–Kier alpha value is -2.25. The van der Waals surface area contributed by atoms with Crippen LogP contribution in [0.4, 0.5) is 0 Å². The van der Waals surface area contributed by atoms with Crippen LogP contribution in [-0.2, 0) is 21.3 Å². The fourth-order valence-electron chi connectivity index (χ4n) is 2.80. The van der Waals surface area contributed by atoms with Crippen molar-refractivity contribution < 1.29 is 27.3 Å². The Morgan fingerprint density at radius 1 is 1.04 bits per heavy atom. The SMILES string of the molecule is CC(C)Cc1cc2c3c(cc(S(=O)(=O)O)cc3c1)C(=O)OC2=O. The van der Waals surface area contributed by atoms with Gasteiger partial charge in [-0.05, 0) is 41.5 Å². The summed E-state index contributed by atoms with van der Waals surface area (Å²) in [6.45, 7) is 4.02. The second-order valence-electron chi connectivity index (χ2n) is 5.96. The van der Waals surface area contributed by atoms with Gasteiger partial charge in [0.25, 0.3) is 10.1 Å². The van der Waals surface area contributed by atoms with Crippen LogP contribution in [0, 0.1) is 5.92 Å². The molecular formula is C16H14O6S. The van der Waals surface area contributed by atoms with Gasteiger partial charge in [-0.25, -0.2) is 9.59 Å². The molecule has 0 atom stereocenters. The van der Waals surface area contributed by atoms with Gasteiger partial charge in [-0.2, -0.15) is 8.42 Å². The lowest BCUT2D eigenvalue weighted by atomic mass is 9.92. The highest BCUT2D eigenvalue weighted by atomic mass is 32.2. The van der Waals surface area contributed by atoms with Crippen LogP contribution in [0.5, 0.6) is 0 Å². The van der Waals surface area contributed by atoms with Crippen LogP contribution >= 0.6 is 0 Å². The molecule has 1 heterocycles. The molecule has 1 N–H and O–H groups in total. The van der Waals surface area contributed by atoms with Crippen molar-refractivity contribution in [3.05, 3.63) is 41.0 Å². The standard InChI is InChI=1S/C16H14O6S/c1-8(2)3-9-4-10-6-11(23(19,20)21)7-13-14(10)12(5-9)15(17)22-16(13)18/h4-8H,3H2,1-2H3,(H,19,20,21). The molecule has 0 fully saturated rings. The second-order valence-corrected chi connectivity index (χ2v) is 7.38. The van der Waals surface area contributed by atoms with E-state index in [2.05, 4.69) is 4.74 Å². The second kappa shape index (κ2) is 5.14. The van der Waals surface area contributed by atoms with Crippen LogP contribution in [0.25, 0.3) is 10.8 Å². The first-order valence-corrected chi connectivity index (χ1v) is 8.45. The van der Waals surface area contributed by atoms with Crippen molar-refractivity contribution in [2.24, 2.45) is 5.92 Å². The largest absolute Gasteiger partial charge is 0.386 e. The van der Waals surface area contributed by atoms with Gasteiger partial charge in [-0.15, -0.1) is 0 Å². The number of esters is 2. The molecule has 0 unspecified atom stereocenters. The zero-order valence-corrected chi connectivity index (χ0v) is 13.3. The zero-order valence-electron chi connectivity index (χ0n) is 12.5. The number of carbonyl (C=O) groups is 2. The number of ether oxygens (including phenoxy) is 1. The molecule has 7 heteroatoms. The number of rotatable bonds is 3. The van der Waals surface area contributed by atoms with Gasteiger partial charge < -0.3 is 4.74 Å². The normalized spacial score (nSPS) is 14.4. The molecule has 0 radical (unpaired) electrons. The Morgan fingerprint density at radius 2 is 1.65 bits per heavy atom. The van der Waals surface area contributed by atoms with Gasteiger partial charge in [0.1, 0.15) is 0 Å². The number of hydrogen-bond donors (Lipinski definition) is 1. The molecule has 0 spiro atoms. The summed E-state index contributed by atoms with van der Waals surface area (Å²) in [5.41, 5.74) is 1.02. The monoisotopic (exact) mass is 334 g/mol. The van der Waals surface area contributed by atoms with Crippen molar-refractivity contribution in [2.45, 2.75) is 25.2 Å².